The van der Waals surface area contributed by atoms with Crippen molar-refractivity contribution in [2.75, 3.05) is 0 Å². The smallest absolute Gasteiger partial charge is 0.149 e. The van der Waals surface area contributed by atoms with E-state index in [-0.39, 0.29) is 6.04 Å². The number of hydrogen-bond donors (Lipinski definition) is 2. The first-order valence-corrected chi connectivity index (χ1v) is 6.87. The van der Waals surface area contributed by atoms with Crippen molar-refractivity contribution in [3.63, 3.8) is 0 Å². The van der Waals surface area contributed by atoms with Crippen LogP contribution in [0.5, 0.6) is 0 Å². The molecule has 0 saturated carbocycles. The van der Waals surface area contributed by atoms with E-state index in [4.69, 9.17) is 11.6 Å². The topological polar surface area (TPSA) is 58.5 Å². The minimum absolute atomic E-state index is 0.102. The van der Waals surface area contributed by atoms with Crippen LogP contribution in [-0.4, -0.2) is 19.7 Å². The molecule has 2 N–H and O–H groups in total. The lowest BCUT2D eigenvalue weighted by Gasteiger charge is -2.12. The summed E-state index contributed by atoms with van der Waals surface area (Å²) in [6.07, 6.45) is 1.70. The molecular weight excluding hydrogens is 274 g/mol. The Hall–Kier alpha value is -1.85. The van der Waals surface area contributed by atoms with Crippen molar-refractivity contribution in [3.05, 3.63) is 47.1 Å². The monoisotopic (exact) mass is 289 g/mol. The van der Waals surface area contributed by atoms with E-state index in [2.05, 4.69) is 27.4 Å². The highest BCUT2D eigenvalue weighted by Gasteiger charge is 2.13. The first-order valence-electron chi connectivity index (χ1n) is 6.49. The minimum Gasteiger partial charge on any atom is -0.356 e. The van der Waals surface area contributed by atoms with Crippen molar-refractivity contribution in [1.29, 1.82) is 0 Å². The van der Waals surface area contributed by atoms with Crippen LogP contribution in [0.15, 0.2) is 30.6 Å². The molecule has 2 heterocycles. The summed E-state index contributed by atoms with van der Waals surface area (Å²) in [6.45, 7) is 2.71. The van der Waals surface area contributed by atoms with Crippen molar-refractivity contribution in [2.45, 2.75) is 19.5 Å². The Balaban J connectivity index is 1.77. The second-order valence-electron chi connectivity index (χ2n) is 4.87. The number of hydrogen-bond acceptors (Lipinski definition) is 3. The van der Waals surface area contributed by atoms with E-state index in [1.165, 1.54) is 0 Å². The van der Waals surface area contributed by atoms with Gasteiger partial charge in [0.25, 0.3) is 0 Å². The van der Waals surface area contributed by atoms with Crippen LogP contribution in [0.2, 0.25) is 5.02 Å². The number of H-pyrrole nitrogens is 1. The largest absolute Gasteiger partial charge is 0.356 e. The number of aromatic amines is 1. The van der Waals surface area contributed by atoms with Crippen LogP contribution in [0.25, 0.3) is 10.9 Å². The Morgan fingerprint density at radius 2 is 2.20 bits per heavy atom. The molecule has 3 rings (SSSR count). The SMILES string of the molecule is CC(NCc1[nH]c2ccccc2c1Cl)c1nncn1C. The maximum atomic E-state index is 6.39. The third kappa shape index (κ3) is 2.30. The molecule has 1 aromatic carbocycles. The molecule has 1 atom stereocenters. The summed E-state index contributed by atoms with van der Waals surface area (Å²) in [5.74, 6) is 0.900. The first kappa shape index (κ1) is 13.1. The summed E-state index contributed by atoms with van der Waals surface area (Å²) in [6, 6.07) is 8.13. The van der Waals surface area contributed by atoms with Crippen LogP contribution in [0.3, 0.4) is 0 Å². The molecule has 5 nitrogen and oxygen atoms in total. The van der Waals surface area contributed by atoms with Crippen LogP contribution < -0.4 is 5.32 Å². The van der Waals surface area contributed by atoms with Gasteiger partial charge in [0.2, 0.25) is 0 Å². The first-order chi connectivity index (χ1) is 9.66. The highest BCUT2D eigenvalue weighted by molar-refractivity contribution is 6.36. The van der Waals surface area contributed by atoms with E-state index in [0.29, 0.717) is 6.54 Å². The average molecular weight is 290 g/mol. The zero-order valence-electron chi connectivity index (χ0n) is 11.4. The average Bonchev–Trinajstić information content (AvgIpc) is 3.01. The molecule has 6 heteroatoms. The van der Waals surface area contributed by atoms with Gasteiger partial charge in [0, 0.05) is 30.2 Å². The van der Waals surface area contributed by atoms with Gasteiger partial charge in [0.15, 0.2) is 0 Å². The lowest BCUT2D eigenvalue weighted by molar-refractivity contribution is 0.525. The van der Waals surface area contributed by atoms with E-state index in [1.54, 1.807) is 6.33 Å². The van der Waals surface area contributed by atoms with Crippen molar-refractivity contribution < 1.29 is 0 Å². The molecule has 0 amide bonds. The van der Waals surface area contributed by atoms with Crippen LogP contribution in [-0.2, 0) is 13.6 Å². The molecule has 20 heavy (non-hydrogen) atoms. The van der Waals surface area contributed by atoms with Gasteiger partial charge in [-0.1, -0.05) is 29.8 Å². The predicted molar refractivity (Wildman–Crippen MR) is 79.6 cm³/mol. The molecule has 0 radical (unpaired) electrons. The molecule has 1 unspecified atom stereocenters. The van der Waals surface area contributed by atoms with Crippen LogP contribution in [0.4, 0.5) is 0 Å². The lowest BCUT2D eigenvalue weighted by Crippen LogP contribution is -2.21. The molecule has 0 fully saturated rings. The van der Waals surface area contributed by atoms with Gasteiger partial charge in [0.05, 0.1) is 11.1 Å². The molecule has 0 bridgehead atoms. The normalized spacial score (nSPS) is 12.9. The molecular formula is C14H16ClN5. The minimum atomic E-state index is 0.102. The summed E-state index contributed by atoms with van der Waals surface area (Å²) in [5.41, 5.74) is 2.04. The number of rotatable bonds is 4. The number of aryl methyl sites for hydroxylation is 1. The number of fused-ring (bicyclic) bond motifs is 1. The Morgan fingerprint density at radius 1 is 1.40 bits per heavy atom. The van der Waals surface area contributed by atoms with Crippen molar-refractivity contribution in [2.24, 2.45) is 7.05 Å². The van der Waals surface area contributed by atoms with Gasteiger partial charge in [-0.25, -0.2) is 0 Å². The Labute approximate surface area is 122 Å². The molecule has 3 aromatic rings. The van der Waals surface area contributed by atoms with Crippen LogP contribution >= 0.6 is 11.6 Å². The number of nitrogens with zero attached hydrogens (tertiary/aromatic N) is 3. The predicted octanol–water partition coefficient (Wildman–Crippen LogP) is 2.80. The van der Waals surface area contributed by atoms with Gasteiger partial charge in [-0.3, -0.25) is 0 Å². The summed E-state index contributed by atoms with van der Waals surface area (Å²) in [5, 5.41) is 13.2. The zero-order chi connectivity index (χ0) is 14.1. The second-order valence-corrected chi connectivity index (χ2v) is 5.24. The molecule has 104 valence electrons. The van der Waals surface area contributed by atoms with Crippen molar-refractivity contribution in [3.8, 4) is 0 Å². The Morgan fingerprint density at radius 3 is 2.90 bits per heavy atom. The van der Waals surface area contributed by atoms with Gasteiger partial charge >= 0.3 is 0 Å². The van der Waals surface area contributed by atoms with Crippen molar-refractivity contribution in [1.82, 2.24) is 25.1 Å². The number of nitrogens with one attached hydrogen (secondary N) is 2. The zero-order valence-corrected chi connectivity index (χ0v) is 12.1. The van der Waals surface area contributed by atoms with Crippen LogP contribution in [0.1, 0.15) is 24.5 Å². The number of halogens is 1. The van der Waals surface area contributed by atoms with E-state index in [1.807, 2.05) is 35.9 Å². The molecule has 0 aliphatic carbocycles. The highest BCUT2D eigenvalue weighted by Crippen LogP contribution is 2.27. The third-order valence-corrected chi connectivity index (χ3v) is 3.86. The van der Waals surface area contributed by atoms with Gasteiger partial charge in [-0.15, -0.1) is 10.2 Å². The van der Waals surface area contributed by atoms with E-state index in [0.717, 1.165) is 27.4 Å². The fourth-order valence-corrected chi connectivity index (χ4v) is 2.59. The van der Waals surface area contributed by atoms with Gasteiger partial charge < -0.3 is 14.9 Å². The highest BCUT2D eigenvalue weighted by atomic mass is 35.5. The molecule has 0 aliphatic rings. The third-order valence-electron chi connectivity index (χ3n) is 3.43. The number of aromatic nitrogens is 4. The summed E-state index contributed by atoms with van der Waals surface area (Å²) < 4.78 is 1.91. The number of para-hydroxylation sites is 1. The molecule has 0 saturated heterocycles. The summed E-state index contributed by atoms with van der Waals surface area (Å²) in [4.78, 5) is 3.34. The molecule has 0 spiro atoms. The second kappa shape index (κ2) is 5.26. The Kier molecular flexibility index (Phi) is 3.46. The van der Waals surface area contributed by atoms with E-state index in [9.17, 15) is 0 Å². The fraction of sp³-hybridized carbons (Fsp3) is 0.286. The maximum Gasteiger partial charge on any atom is 0.149 e. The molecule has 0 aliphatic heterocycles. The van der Waals surface area contributed by atoms with Gasteiger partial charge in [-0.05, 0) is 13.0 Å². The van der Waals surface area contributed by atoms with Crippen LogP contribution in [0, 0.1) is 0 Å². The van der Waals surface area contributed by atoms with Gasteiger partial charge in [0.1, 0.15) is 12.2 Å². The van der Waals surface area contributed by atoms with E-state index < -0.39 is 0 Å². The molecule has 2 aromatic heterocycles. The standard InChI is InChI=1S/C14H16ClN5/c1-9(14-19-17-8-20(14)2)16-7-12-13(15)10-5-3-4-6-11(10)18-12/h3-6,8-9,16,18H,7H2,1-2H3. The fourth-order valence-electron chi connectivity index (χ4n) is 2.32. The van der Waals surface area contributed by atoms with E-state index >= 15 is 0 Å². The summed E-state index contributed by atoms with van der Waals surface area (Å²) in [7, 11) is 1.93. The van der Waals surface area contributed by atoms with Gasteiger partial charge in [-0.2, -0.15) is 0 Å². The lowest BCUT2D eigenvalue weighted by atomic mass is 10.2. The quantitative estimate of drug-likeness (QED) is 0.776. The Bertz CT molecular complexity index is 730. The maximum absolute atomic E-state index is 6.39. The van der Waals surface area contributed by atoms with Crippen molar-refractivity contribution >= 4 is 22.5 Å². The number of benzene rings is 1. The summed E-state index contributed by atoms with van der Waals surface area (Å²) >= 11 is 6.39.